The van der Waals surface area contributed by atoms with Crippen LogP contribution in [0.5, 0.6) is 0 Å². The Balaban J connectivity index is 1.89. The number of Topliss-reactive ketones (excluding diaryl/α,β-unsaturated/α-hetero) is 1. The van der Waals surface area contributed by atoms with Gasteiger partial charge in [0.15, 0.2) is 5.78 Å². The Morgan fingerprint density at radius 2 is 1.18 bits per heavy atom. The predicted molar refractivity (Wildman–Crippen MR) is 175 cm³/mol. The summed E-state index contributed by atoms with van der Waals surface area (Å²) >= 11 is 0. The molecule has 7 nitrogen and oxygen atoms in total. The molecule has 1 amide bonds. The van der Waals surface area contributed by atoms with Crippen molar-refractivity contribution in [1.82, 2.24) is 5.32 Å². The molecule has 0 spiro atoms. The van der Waals surface area contributed by atoms with Crippen molar-refractivity contribution in [2.24, 2.45) is 0 Å². The van der Waals surface area contributed by atoms with Crippen molar-refractivity contribution in [3.63, 3.8) is 0 Å². The molecule has 0 aliphatic rings. The zero-order chi connectivity index (χ0) is 31.6. The van der Waals surface area contributed by atoms with Crippen LogP contribution in [0.4, 0.5) is 4.79 Å². The minimum Gasteiger partial charge on any atom is -0.461 e. The molecular formula is C36H35N2O5P. The van der Waals surface area contributed by atoms with E-state index >= 15 is 0 Å². The molecule has 0 saturated heterocycles. The third-order valence-corrected chi connectivity index (χ3v) is 10.9. The number of carbonyl (C=O) groups is 3. The summed E-state index contributed by atoms with van der Waals surface area (Å²) in [6.07, 6.45) is -1.37. The molecule has 44 heavy (non-hydrogen) atoms. The normalized spacial score (nSPS) is 11.9. The third kappa shape index (κ3) is 7.72. The van der Waals surface area contributed by atoms with Gasteiger partial charge in [0.2, 0.25) is 0 Å². The summed E-state index contributed by atoms with van der Waals surface area (Å²) in [7, 11) is 0. The van der Waals surface area contributed by atoms with Crippen LogP contribution in [0, 0.1) is 11.3 Å². The minimum absolute atomic E-state index is 0.00315. The highest BCUT2D eigenvalue weighted by molar-refractivity contribution is 7.97. The van der Waals surface area contributed by atoms with Crippen LogP contribution in [-0.2, 0) is 25.7 Å². The Hall–Kier alpha value is -4.92. The molecule has 0 bridgehead atoms. The van der Waals surface area contributed by atoms with Gasteiger partial charge in [-0.25, -0.2) is 4.79 Å². The fourth-order valence-electron chi connectivity index (χ4n) is 4.87. The number of nitrogens with zero attached hydrogens (tertiary/aromatic N) is 1. The summed E-state index contributed by atoms with van der Waals surface area (Å²) in [4.78, 5) is 40.7. The number of esters is 1. The SMILES string of the molecule is CC(C)(C)OC(=O)NC(CC(=O)OCc1ccccc1)C(=O)C(C#N)=P(c1ccccc1)(c1ccccc1)c1ccccc1. The van der Waals surface area contributed by atoms with E-state index in [9.17, 15) is 19.6 Å². The average Bonchev–Trinajstić information content (AvgIpc) is 3.03. The quantitative estimate of drug-likeness (QED) is 0.195. The standard InChI is InChI=1S/C36H35N2O5P/c1-36(2,3)43-35(41)38-31(24-33(39)42-26-27-16-8-4-9-17-27)34(40)32(25-37)44(28-18-10-5-11-19-28,29-20-12-6-13-21-29)30-22-14-7-15-23-30/h4-23,31H,24,26H2,1-3H3,(H,38,41). The van der Waals surface area contributed by atoms with Crippen molar-refractivity contribution in [3.05, 3.63) is 127 Å². The predicted octanol–water partition coefficient (Wildman–Crippen LogP) is 5.27. The van der Waals surface area contributed by atoms with Crippen molar-refractivity contribution in [3.8, 4) is 6.07 Å². The molecule has 0 aromatic heterocycles. The third-order valence-electron chi connectivity index (χ3n) is 6.73. The maximum atomic E-state index is 14.6. The van der Waals surface area contributed by atoms with E-state index in [-0.39, 0.29) is 11.9 Å². The van der Waals surface area contributed by atoms with Crippen LogP contribution < -0.4 is 21.2 Å². The zero-order valence-electron chi connectivity index (χ0n) is 25.0. The molecule has 1 N–H and O–H groups in total. The monoisotopic (exact) mass is 606 g/mol. The average molecular weight is 607 g/mol. The molecule has 4 rings (SSSR count). The lowest BCUT2D eigenvalue weighted by Gasteiger charge is -2.31. The van der Waals surface area contributed by atoms with Gasteiger partial charge in [0.05, 0.1) is 6.42 Å². The van der Waals surface area contributed by atoms with Gasteiger partial charge >= 0.3 is 12.1 Å². The van der Waals surface area contributed by atoms with Gasteiger partial charge < -0.3 is 14.8 Å². The van der Waals surface area contributed by atoms with E-state index in [2.05, 4.69) is 11.4 Å². The maximum Gasteiger partial charge on any atom is 0.408 e. The molecule has 1 atom stereocenters. The zero-order valence-corrected chi connectivity index (χ0v) is 25.9. The van der Waals surface area contributed by atoms with E-state index in [1.807, 2.05) is 121 Å². The molecule has 0 fully saturated rings. The van der Waals surface area contributed by atoms with E-state index in [0.29, 0.717) is 0 Å². The number of benzene rings is 4. The smallest absolute Gasteiger partial charge is 0.408 e. The lowest BCUT2D eigenvalue weighted by atomic mass is 10.1. The summed E-state index contributed by atoms with van der Waals surface area (Å²) in [5, 5.41) is 15.7. The number of carbonyl (C=O) groups excluding carboxylic acids is 3. The highest BCUT2D eigenvalue weighted by atomic mass is 31.2. The number of alkyl carbamates (subject to hydrolysis) is 1. The first-order valence-electron chi connectivity index (χ1n) is 14.2. The topological polar surface area (TPSA) is 105 Å². The number of hydrogen-bond acceptors (Lipinski definition) is 6. The van der Waals surface area contributed by atoms with Crippen LogP contribution in [0.3, 0.4) is 0 Å². The van der Waals surface area contributed by atoms with Crippen LogP contribution in [0.25, 0.3) is 0 Å². The Bertz CT molecular complexity index is 1570. The van der Waals surface area contributed by atoms with E-state index in [4.69, 9.17) is 9.47 Å². The molecule has 0 aliphatic carbocycles. The van der Waals surface area contributed by atoms with Crippen molar-refractivity contribution in [2.75, 3.05) is 0 Å². The first kappa shape index (κ1) is 32.0. The molecule has 1 unspecified atom stereocenters. The molecule has 0 aliphatic heterocycles. The van der Waals surface area contributed by atoms with Gasteiger partial charge in [0.1, 0.15) is 29.6 Å². The molecule has 0 saturated carbocycles. The Labute approximate surface area is 258 Å². The van der Waals surface area contributed by atoms with Gasteiger partial charge in [-0.1, -0.05) is 121 Å². The van der Waals surface area contributed by atoms with Crippen LogP contribution in [0.1, 0.15) is 32.8 Å². The largest absolute Gasteiger partial charge is 0.461 e. The second-order valence-electron chi connectivity index (χ2n) is 11.1. The second kappa shape index (κ2) is 14.5. The fourth-order valence-corrected chi connectivity index (χ4v) is 9.04. The maximum absolute atomic E-state index is 14.6. The van der Waals surface area contributed by atoms with E-state index in [1.165, 1.54) is 0 Å². The number of nitriles is 1. The summed E-state index contributed by atoms with van der Waals surface area (Å²) < 4.78 is 10.9. The summed E-state index contributed by atoms with van der Waals surface area (Å²) in [5.74, 6) is -1.39. The first-order valence-corrected chi connectivity index (χ1v) is 16.0. The van der Waals surface area contributed by atoms with Crippen LogP contribution in [-0.4, -0.2) is 34.8 Å². The van der Waals surface area contributed by atoms with Crippen molar-refractivity contribution < 1.29 is 23.9 Å². The second-order valence-corrected chi connectivity index (χ2v) is 14.4. The van der Waals surface area contributed by atoms with Gasteiger partial charge in [0.25, 0.3) is 0 Å². The van der Waals surface area contributed by atoms with E-state index < -0.39 is 42.8 Å². The Kier molecular flexibility index (Phi) is 10.6. The fraction of sp³-hybridized carbons (Fsp3) is 0.194. The highest BCUT2D eigenvalue weighted by Gasteiger charge is 2.38. The van der Waals surface area contributed by atoms with E-state index in [0.717, 1.165) is 21.5 Å². The summed E-state index contributed by atoms with van der Waals surface area (Å²) in [6.45, 7) is 1.98. The summed E-state index contributed by atoms with van der Waals surface area (Å²) in [5.41, 5.74) is -0.0856. The van der Waals surface area contributed by atoms with Gasteiger partial charge in [-0.2, -0.15) is 5.26 Å². The number of ether oxygens (including phenoxy) is 2. The lowest BCUT2D eigenvalue weighted by Crippen LogP contribution is -2.48. The van der Waals surface area contributed by atoms with Gasteiger partial charge in [0, 0.05) is 0 Å². The Morgan fingerprint density at radius 1 is 0.750 bits per heavy atom. The highest BCUT2D eigenvalue weighted by Crippen LogP contribution is 2.46. The molecule has 0 radical (unpaired) electrons. The molecule has 4 aromatic rings. The number of amides is 1. The van der Waals surface area contributed by atoms with Gasteiger partial charge in [-0.05, 0) is 49.1 Å². The lowest BCUT2D eigenvalue weighted by molar-refractivity contribution is -0.146. The molecule has 224 valence electrons. The first-order chi connectivity index (χ1) is 21.1. The number of rotatable bonds is 10. The van der Waals surface area contributed by atoms with Crippen LogP contribution in [0.2, 0.25) is 0 Å². The number of ketones is 1. The molecular weight excluding hydrogens is 571 g/mol. The molecule has 8 heteroatoms. The summed E-state index contributed by atoms with van der Waals surface area (Å²) in [6, 6.07) is 38.2. The molecule has 0 heterocycles. The van der Waals surface area contributed by atoms with Crippen LogP contribution in [0.15, 0.2) is 121 Å². The van der Waals surface area contributed by atoms with Gasteiger partial charge in [-0.3, -0.25) is 9.59 Å². The number of hydrogen-bond donors (Lipinski definition) is 1. The van der Waals surface area contributed by atoms with E-state index in [1.54, 1.807) is 20.8 Å². The van der Waals surface area contributed by atoms with Crippen LogP contribution >= 0.6 is 6.89 Å². The Morgan fingerprint density at radius 3 is 1.59 bits per heavy atom. The van der Waals surface area contributed by atoms with Crippen molar-refractivity contribution >= 4 is 45.9 Å². The molecule has 4 aromatic carbocycles. The van der Waals surface area contributed by atoms with Crippen molar-refractivity contribution in [2.45, 2.75) is 45.4 Å². The van der Waals surface area contributed by atoms with Crippen molar-refractivity contribution in [1.29, 1.82) is 5.26 Å². The van der Waals surface area contributed by atoms with Gasteiger partial charge in [-0.15, -0.1) is 0 Å². The minimum atomic E-state index is -3.10. The number of nitrogens with one attached hydrogen (secondary N) is 1.